The van der Waals surface area contributed by atoms with Crippen LogP contribution in [0.3, 0.4) is 0 Å². The van der Waals surface area contributed by atoms with Crippen molar-refractivity contribution in [1.82, 2.24) is 10.3 Å². The summed E-state index contributed by atoms with van der Waals surface area (Å²) < 4.78 is 5.21. The lowest BCUT2D eigenvalue weighted by atomic mass is 10.1. The Kier molecular flexibility index (Phi) is 6.55. The number of carbonyl (C=O) groups excluding carboxylic acids is 2. The van der Waals surface area contributed by atoms with E-state index in [9.17, 15) is 9.59 Å². The van der Waals surface area contributed by atoms with Crippen molar-refractivity contribution < 1.29 is 14.3 Å². The maximum absolute atomic E-state index is 12.7. The third kappa shape index (κ3) is 6.30. The lowest BCUT2D eigenvalue weighted by Crippen LogP contribution is -2.32. The maximum atomic E-state index is 12.7. The smallest absolute Gasteiger partial charge is 0.407 e. The van der Waals surface area contributed by atoms with Crippen molar-refractivity contribution in [1.29, 1.82) is 0 Å². The molecule has 0 saturated carbocycles. The molecule has 0 atom stereocenters. The molecule has 0 unspecified atom stereocenters. The highest BCUT2D eigenvalue weighted by Crippen LogP contribution is 2.25. The van der Waals surface area contributed by atoms with Crippen LogP contribution in [0.15, 0.2) is 66.9 Å². The highest BCUT2D eigenvalue weighted by Gasteiger charge is 2.16. The molecular formula is C24H26N4O3. The zero-order valence-electron chi connectivity index (χ0n) is 17.8. The predicted molar refractivity (Wildman–Crippen MR) is 122 cm³/mol. The minimum absolute atomic E-state index is 0.242. The van der Waals surface area contributed by atoms with Gasteiger partial charge in [-0.2, -0.15) is 0 Å². The lowest BCUT2D eigenvalue weighted by molar-refractivity contribution is 0.0523. The second-order valence-corrected chi connectivity index (χ2v) is 8.03. The van der Waals surface area contributed by atoms with Crippen molar-refractivity contribution >= 4 is 23.5 Å². The largest absolute Gasteiger partial charge is 0.444 e. The Morgan fingerprint density at radius 2 is 1.68 bits per heavy atom. The quantitative estimate of drug-likeness (QED) is 0.561. The third-order valence-corrected chi connectivity index (χ3v) is 4.33. The number of carbonyl (C=O) groups is 2. The summed E-state index contributed by atoms with van der Waals surface area (Å²) in [6, 6.07) is 18.4. The Labute approximate surface area is 181 Å². The van der Waals surface area contributed by atoms with E-state index in [0.717, 1.165) is 16.7 Å². The number of pyridine rings is 1. The van der Waals surface area contributed by atoms with Gasteiger partial charge in [0.05, 0.1) is 5.69 Å². The summed E-state index contributed by atoms with van der Waals surface area (Å²) in [6.07, 6.45) is 1.18. The van der Waals surface area contributed by atoms with E-state index < -0.39 is 11.7 Å². The number of alkyl carbamates (subject to hydrolysis) is 1. The first-order valence-corrected chi connectivity index (χ1v) is 9.89. The summed E-state index contributed by atoms with van der Waals surface area (Å²) in [5.74, 6) is -0.0587. The van der Waals surface area contributed by atoms with Gasteiger partial charge in [0.25, 0.3) is 5.91 Å². The number of nitrogens with zero attached hydrogens (tertiary/aromatic N) is 1. The number of rotatable bonds is 5. The molecule has 1 heterocycles. The number of nitrogens with two attached hydrogens (primary N) is 1. The van der Waals surface area contributed by atoms with Crippen LogP contribution in [0.1, 0.15) is 36.7 Å². The van der Waals surface area contributed by atoms with Crippen LogP contribution in [0.25, 0.3) is 11.1 Å². The Morgan fingerprint density at radius 3 is 2.32 bits per heavy atom. The summed E-state index contributed by atoms with van der Waals surface area (Å²) in [5.41, 5.74) is 8.98. The van der Waals surface area contributed by atoms with Gasteiger partial charge in [-0.05, 0) is 50.1 Å². The highest BCUT2D eigenvalue weighted by atomic mass is 16.6. The molecular weight excluding hydrogens is 392 g/mol. The summed E-state index contributed by atoms with van der Waals surface area (Å²) in [6.45, 7) is 5.71. The number of nitrogen functional groups attached to an aromatic ring is 1. The van der Waals surface area contributed by atoms with Crippen LogP contribution in [0.5, 0.6) is 0 Å². The minimum atomic E-state index is -0.555. The van der Waals surface area contributed by atoms with E-state index in [0.29, 0.717) is 17.8 Å². The number of ether oxygens (including phenoxy) is 1. The van der Waals surface area contributed by atoms with Gasteiger partial charge in [0.2, 0.25) is 0 Å². The van der Waals surface area contributed by atoms with E-state index in [4.69, 9.17) is 10.5 Å². The molecule has 0 radical (unpaired) electrons. The summed E-state index contributed by atoms with van der Waals surface area (Å²) in [4.78, 5) is 28.6. The van der Waals surface area contributed by atoms with Crippen molar-refractivity contribution in [3.8, 4) is 11.1 Å². The van der Waals surface area contributed by atoms with Crippen molar-refractivity contribution in [2.24, 2.45) is 0 Å². The topological polar surface area (TPSA) is 106 Å². The van der Waals surface area contributed by atoms with Crippen LogP contribution in [0.2, 0.25) is 0 Å². The first-order chi connectivity index (χ1) is 14.7. The average Bonchev–Trinajstić information content (AvgIpc) is 2.73. The van der Waals surface area contributed by atoms with E-state index in [1.165, 1.54) is 0 Å². The van der Waals surface area contributed by atoms with Crippen molar-refractivity contribution in [2.75, 3.05) is 11.1 Å². The van der Waals surface area contributed by atoms with Crippen LogP contribution in [0.4, 0.5) is 16.3 Å². The van der Waals surface area contributed by atoms with Gasteiger partial charge in [-0.15, -0.1) is 0 Å². The molecule has 0 fully saturated rings. The molecule has 0 aliphatic heterocycles. The van der Waals surface area contributed by atoms with E-state index in [-0.39, 0.29) is 11.7 Å². The molecule has 7 heteroatoms. The second-order valence-electron chi connectivity index (χ2n) is 8.03. The van der Waals surface area contributed by atoms with Gasteiger partial charge in [0.1, 0.15) is 11.4 Å². The molecule has 4 N–H and O–H groups in total. The first kappa shape index (κ1) is 21.8. The van der Waals surface area contributed by atoms with Crippen molar-refractivity contribution in [3.63, 3.8) is 0 Å². The van der Waals surface area contributed by atoms with Gasteiger partial charge >= 0.3 is 6.09 Å². The molecule has 7 nitrogen and oxygen atoms in total. The molecule has 3 rings (SSSR count). The van der Waals surface area contributed by atoms with Gasteiger partial charge in [-0.25, -0.2) is 9.78 Å². The maximum Gasteiger partial charge on any atom is 0.407 e. The van der Waals surface area contributed by atoms with Gasteiger partial charge in [-0.3, -0.25) is 4.79 Å². The summed E-state index contributed by atoms with van der Waals surface area (Å²) in [7, 11) is 0. The number of hydrogen-bond acceptors (Lipinski definition) is 5. The number of anilines is 2. The fraction of sp³-hybridized carbons (Fsp3) is 0.208. The van der Waals surface area contributed by atoms with Gasteiger partial charge in [-0.1, -0.05) is 42.5 Å². The number of hydrogen-bond donors (Lipinski definition) is 3. The van der Waals surface area contributed by atoms with Crippen LogP contribution in [-0.2, 0) is 11.3 Å². The number of amides is 2. The Balaban J connectivity index is 1.64. The van der Waals surface area contributed by atoms with E-state index in [1.54, 1.807) is 57.3 Å². The van der Waals surface area contributed by atoms with E-state index in [1.807, 2.05) is 30.3 Å². The van der Waals surface area contributed by atoms with Gasteiger partial charge in [0, 0.05) is 23.9 Å². The zero-order chi connectivity index (χ0) is 22.4. The minimum Gasteiger partial charge on any atom is -0.444 e. The van der Waals surface area contributed by atoms with E-state index >= 15 is 0 Å². The number of nitrogens with one attached hydrogen (secondary N) is 2. The third-order valence-electron chi connectivity index (χ3n) is 4.33. The number of benzene rings is 2. The average molecular weight is 418 g/mol. The molecule has 0 spiro atoms. The molecule has 31 heavy (non-hydrogen) atoms. The normalized spacial score (nSPS) is 10.9. The Bertz CT molecular complexity index is 1060. The van der Waals surface area contributed by atoms with Crippen LogP contribution in [-0.4, -0.2) is 22.6 Å². The van der Waals surface area contributed by atoms with Gasteiger partial charge < -0.3 is 21.1 Å². The van der Waals surface area contributed by atoms with Gasteiger partial charge in [0.15, 0.2) is 0 Å². The molecule has 160 valence electrons. The van der Waals surface area contributed by atoms with E-state index in [2.05, 4.69) is 15.6 Å². The zero-order valence-corrected chi connectivity index (χ0v) is 17.8. The fourth-order valence-corrected chi connectivity index (χ4v) is 2.82. The molecule has 3 aromatic rings. The monoisotopic (exact) mass is 418 g/mol. The SMILES string of the molecule is CC(C)(C)OC(=O)NCc1ccc(C(=O)Nc2cc(-c3ccccc3)cnc2N)cc1. The molecule has 1 aromatic heterocycles. The molecule has 0 aliphatic rings. The highest BCUT2D eigenvalue weighted by molar-refractivity contribution is 6.05. The summed E-state index contributed by atoms with van der Waals surface area (Å²) >= 11 is 0. The van der Waals surface area contributed by atoms with Crippen LogP contribution in [0, 0.1) is 0 Å². The lowest BCUT2D eigenvalue weighted by Gasteiger charge is -2.19. The Morgan fingerprint density at radius 1 is 1.00 bits per heavy atom. The molecule has 2 aromatic carbocycles. The molecule has 0 bridgehead atoms. The van der Waals surface area contributed by atoms with Crippen LogP contribution < -0.4 is 16.4 Å². The molecule has 0 aliphatic carbocycles. The second kappa shape index (κ2) is 9.30. The first-order valence-electron chi connectivity index (χ1n) is 9.89. The van der Waals surface area contributed by atoms with Crippen molar-refractivity contribution in [3.05, 3.63) is 78.0 Å². The number of aromatic nitrogens is 1. The Hall–Kier alpha value is -3.87. The standard InChI is InChI=1S/C24H26N4O3/c1-24(2,3)31-23(30)27-14-16-9-11-18(12-10-16)22(29)28-20-13-19(15-26-21(20)25)17-7-5-4-6-8-17/h4-13,15H,14H2,1-3H3,(H2,25,26)(H,27,30)(H,28,29). The molecule has 2 amide bonds. The molecule has 0 saturated heterocycles. The van der Waals surface area contributed by atoms with Crippen molar-refractivity contribution in [2.45, 2.75) is 32.9 Å². The predicted octanol–water partition coefficient (Wildman–Crippen LogP) is 4.61. The fourth-order valence-electron chi connectivity index (χ4n) is 2.82. The van der Waals surface area contributed by atoms with Crippen LogP contribution >= 0.6 is 0 Å². The summed E-state index contributed by atoms with van der Waals surface area (Å²) in [5, 5.41) is 5.50.